The molecule has 0 saturated heterocycles. The fourth-order valence-electron chi connectivity index (χ4n) is 2.68. The fourth-order valence-corrected chi connectivity index (χ4v) is 2.68. The van der Waals surface area contributed by atoms with E-state index in [4.69, 9.17) is 0 Å². The van der Waals surface area contributed by atoms with E-state index in [-0.39, 0.29) is 17.9 Å². The average Bonchev–Trinajstić information content (AvgIpc) is 3.37. The van der Waals surface area contributed by atoms with Crippen molar-refractivity contribution in [3.05, 3.63) is 35.9 Å². The predicted molar refractivity (Wildman–Crippen MR) is 83.3 cm³/mol. The van der Waals surface area contributed by atoms with Crippen LogP contribution in [0.5, 0.6) is 0 Å². The number of amides is 2. The Kier molecular flexibility index (Phi) is 4.43. The Bertz CT molecular complexity index is 538. The summed E-state index contributed by atoms with van der Waals surface area (Å²) in [5, 5.41) is 6.06. The minimum absolute atomic E-state index is 0.0189. The lowest BCUT2D eigenvalue weighted by Crippen LogP contribution is -3.11. The average molecular weight is 302 g/mol. The summed E-state index contributed by atoms with van der Waals surface area (Å²) in [6.45, 7) is 0.314. The van der Waals surface area contributed by atoms with Crippen molar-refractivity contribution in [1.29, 1.82) is 0 Å². The van der Waals surface area contributed by atoms with Crippen LogP contribution < -0.4 is 15.5 Å². The van der Waals surface area contributed by atoms with Gasteiger partial charge in [-0.3, -0.25) is 9.59 Å². The number of hydrogen-bond donors (Lipinski definition) is 3. The van der Waals surface area contributed by atoms with Gasteiger partial charge in [-0.25, -0.2) is 0 Å². The molecule has 5 nitrogen and oxygen atoms in total. The predicted octanol–water partition coefficient (Wildman–Crippen LogP) is -0.200. The van der Waals surface area contributed by atoms with Crippen molar-refractivity contribution >= 4 is 11.8 Å². The van der Waals surface area contributed by atoms with E-state index in [2.05, 4.69) is 10.6 Å². The van der Waals surface area contributed by atoms with Crippen molar-refractivity contribution < 1.29 is 14.5 Å². The molecule has 3 rings (SSSR count). The van der Waals surface area contributed by atoms with Gasteiger partial charge in [0.2, 0.25) is 0 Å². The summed E-state index contributed by atoms with van der Waals surface area (Å²) in [7, 11) is 1.91. The van der Waals surface area contributed by atoms with Gasteiger partial charge in [0.1, 0.15) is 0 Å². The van der Waals surface area contributed by atoms with Crippen molar-refractivity contribution in [3.63, 3.8) is 0 Å². The van der Waals surface area contributed by atoms with E-state index in [0.29, 0.717) is 18.6 Å². The highest BCUT2D eigenvalue weighted by Gasteiger charge is 2.34. The summed E-state index contributed by atoms with van der Waals surface area (Å²) in [6.07, 6.45) is 4.28. The van der Waals surface area contributed by atoms with Crippen molar-refractivity contribution in [3.8, 4) is 0 Å². The second-order valence-electron chi connectivity index (χ2n) is 6.49. The van der Waals surface area contributed by atoms with Gasteiger partial charge in [0.15, 0.2) is 12.6 Å². The smallest absolute Gasteiger partial charge is 0.283 e. The van der Waals surface area contributed by atoms with Gasteiger partial charge >= 0.3 is 0 Å². The standard InChI is InChI=1S/C17H23N3O2/c1-20(11-15(21)18-13-7-8-13)16(12-5-3-2-4-6-12)17(22)19-14-9-10-14/h2-6,13-14,16H,7-11H2,1H3,(H,18,21)(H,19,22)/p+1/t16-/m0/s1. The van der Waals surface area contributed by atoms with Crippen molar-refractivity contribution in [2.24, 2.45) is 0 Å². The minimum Gasteiger partial charge on any atom is -0.348 e. The van der Waals surface area contributed by atoms with Crippen molar-refractivity contribution in [2.75, 3.05) is 13.6 Å². The van der Waals surface area contributed by atoms with Gasteiger partial charge in [0, 0.05) is 17.6 Å². The zero-order valence-corrected chi connectivity index (χ0v) is 13.0. The second kappa shape index (κ2) is 6.48. The summed E-state index contributed by atoms with van der Waals surface area (Å²) < 4.78 is 0. The molecule has 2 saturated carbocycles. The van der Waals surface area contributed by atoms with Crippen LogP contribution in [0.1, 0.15) is 37.3 Å². The maximum atomic E-state index is 12.6. The molecule has 0 radical (unpaired) electrons. The van der Waals surface area contributed by atoms with Gasteiger partial charge in [-0.15, -0.1) is 0 Å². The largest absolute Gasteiger partial charge is 0.348 e. The first-order valence-corrected chi connectivity index (χ1v) is 8.10. The van der Waals surface area contributed by atoms with Crippen LogP contribution in [0.15, 0.2) is 30.3 Å². The van der Waals surface area contributed by atoms with Gasteiger partial charge in [0.25, 0.3) is 11.8 Å². The topological polar surface area (TPSA) is 62.6 Å². The molecule has 2 fully saturated rings. The molecule has 1 aromatic rings. The van der Waals surface area contributed by atoms with Gasteiger partial charge in [0.05, 0.1) is 7.05 Å². The number of rotatable bonds is 7. The number of likely N-dealkylation sites (N-methyl/N-ethyl adjacent to an activating group) is 1. The van der Waals surface area contributed by atoms with E-state index in [0.717, 1.165) is 36.1 Å². The van der Waals surface area contributed by atoms with Crippen LogP contribution >= 0.6 is 0 Å². The van der Waals surface area contributed by atoms with E-state index < -0.39 is 0 Å². The third-order valence-corrected chi connectivity index (χ3v) is 4.19. The third kappa shape index (κ3) is 4.07. The molecule has 0 bridgehead atoms. The van der Waals surface area contributed by atoms with Crippen LogP contribution in [-0.2, 0) is 9.59 Å². The lowest BCUT2D eigenvalue weighted by Gasteiger charge is -2.24. The molecule has 2 aliphatic rings. The minimum atomic E-state index is -0.341. The highest BCUT2D eigenvalue weighted by atomic mass is 16.2. The normalized spacial score (nSPS) is 20.0. The first-order chi connectivity index (χ1) is 10.6. The molecule has 5 heteroatoms. The monoisotopic (exact) mass is 302 g/mol. The highest BCUT2D eigenvalue weighted by Crippen LogP contribution is 2.20. The molecule has 2 atom stereocenters. The Balaban J connectivity index is 1.68. The molecule has 3 N–H and O–H groups in total. The summed E-state index contributed by atoms with van der Waals surface area (Å²) in [4.78, 5) is 25.5. The van der Waals surface area contributed by atoms with Crippen LogP contribution in [0.25, 0.3) is 0 Å². The van der Waals surface area contributed by atoms with Gasteiger partial charge in [-0.2, -0.15) is 0 Å². The number of hydrogen-bond acceptors (Lipinski definition) is 2. The van der Waals surface area contributed by atoms with Crippen LogP contribution in [0, 0.1) is 0 Å². The lowest BCUT2D eigenvalue weighted by molar-refractivity contribution is -0.894. The summed E-state index contributed by atoms with van der Waals surface area (Å²) >= 11 is 0. The maximum Gasteiger partial charge on any atom is 0.283 e. The first kappa shape index (κ1) is 15.0. The Labute approximate surface area is 131 Å². The molecule has 0 spiro atoms. The van der Waals surface area contributed by atoms with Crippen molar-refractivity contribution in [1.82, 2.24) is 10.6 Å². The lowest BCUT2D eigenvalue weighted by atomic mass is 10.0. The molecule has 2 amide bonds. The zero-order chi connectivity index (χ0) is 15.5. The molecular weight excluding hydrogens is 278 g/mol. The molecule has 0 heterocycles. The van der Waals surface area contributed by atoms with E-state index in [1.165, 1.54) is 0 Å². The molecule has 22 heavy (non-hydrogen) atoms. The molecule has 1 unspecified atom stereocenters. The van der Waals surface area contributed by atoms with E-state index >= 15 is 0 Å². The molecular formula is C17H24N3O2+. The number of quaternary nitrogens is 1. The van der Waals surface area contributed by atoms with E-state index in [1.807, 2.05) is 37.4 Å². The van der Waals surface area contributed by atoms with Gasteiger partial charge in [-0.05, 0) is 25.7 Å². The zero-order valence-electron chi connectivity index (χ0n) is 13.0. The molecule has 118 valence electrons. The third-order valence-electron chi connectivity index (χ3n) is 4.19. The fraction of sp³-hybridized carbons (Fsp3) is 0.529. The summed E-state index contributed by atoms with van der Waals surface area (Å²) in [6, 6.07) is 10.1. The number of carbonyl (C=O) groups is 2. The first-order valence-electron chi connectivity index (χ1n) is 8.10. The SMILES string of the molecule is C[NH+](CC(=O)NC1CC1)[C@H](C(=O)NC1CC1)c1ccccc1. The Morgan fingerprint density at radius 1 is 1.09 bits per heavy atom. The van der Waals surface area contributed by atoms with Crippen LogP contribution in [0.4, 0.5) is 0 Å². The Hall–Kier alpha value is -1.88. The van der Waals surface area contributed by atoms with E-state index in [1.54, 1.807) is 0 Å². The number of carbonyl (C=O) groups excluding carboxylic acids is 2. The van der Waals surface area contributed by atoms with Crippen LogP contribution in [0.3, 0.4) is 0 Å². The van der Waals surface area contributed by atoms with Crippen LogP contribution in [-0.4, -0.2) is 37.5 Å². The van der Waals surface area contributed by atoms with Crippen LogP contribution in [0.2, 0.25) is 0 Å². The molecule has 1 aromatic carbocycles. The number of benzene rings is 1. The maximum absolute atomic E-state index is 12.6. The van der Waals surface area contributed by atoms with E-state index in [9.17, 15) is 9.59 Å². The summed E-state index contributed by atoms with van der Waals surface area (Å²) in [5.74, 6) is 0.0468. The molecule has 0 aromatic heterocycles. The second-order valence-corrected chi connectivity index (χ2v) is 6.49. The van der Waals surface area contributed by atoms with Gasteiger partial charge in [-0.1, -0.05) is 30.3 Å². The molecule has 0 aliphatic heterocycles. The van der Waals surface area contributed by atoms with Gasteiger partial charge < -0.3 is 15.5 Å². The number of nitrogens with one attached hydrogen (secondary N) is 3. The Morgan fingerprint density at radius 2 is 1.68 bits per heavy atom. The van der Waals surface area contributed by atoms with Crippen molar-refractivity contribution in [2.45, 2.75) is 43.8 Å². The molecule has 2 aliphatic carbocycles. The highest BCUT2D eigenvalue weighted by molar-refractivity contribution is 5.83. The Morgan fingerprint density at radius 3 is 2.27 bits per heavy atom. The quantitative estimate of drug-likeness (QED) is 0.653. The summed E-state index contributed by atoms with van der Waals surface area (Å²) in [5.41, 5.74) is 0.956.